The first-order chi connectivity index (χ1) is 19.6. The number of fused-ring (bicyclic) bond motifs is 3. The lowest BCUT2D eigenvalue weighted by atomic mass is 10.1. The molecule has 41 heavy (non-hydrogen) atoms. The number of nitrogens with one attached hydrogen (secondary N) is 2. The molecule has 216 valence electrons. The van der Waals surface area contributed by atoms with E-state index in [1.165, 1.54) is 6.20 Å². The summed E-state index contributed by atoms with van der Waals surface area (Å²) in [5, 5.41) is 7.52. The van der Waals surface area contributed by atoms with E-state index in [0.717, 1.165) is 35.5 Å². The van der Waals surface area contributed by atoms with Crippen LogP contribution in [0.4, 0.5) is 28.8 Å². The second kappa shape index (κ2) is 12.1. The number of piperazine rings is 1. The van der Waals surface area contributed by atoms with E-state index in [9.17, 15) is 9.36 Å². The molecular formula is C29H35ClN7O3P. The van der Waals surface area contributed by atoms with E-state index in [2.05, 4.69) is 25.5 Å². The van der Waals surface area contributed by atoms with E-state index in [1.54, 1.807) is 19.4 Å². The molecule has 10 nitrogen and oxygen atoms in total. The molecule has 0 aliphatic carbocycles. The molecule has 2 aliphatic rings. The smallest absolute Gasteiger partial charge is 0.246 e. The lowest BCUT2D eigenvalue weighted by Gasteiger charge is -2.45. The van der Waals surface area contributed by atoms with Crippen molar-refractivity contribution in [2.45, 2.75) is 6.04 Å². The van der Waals surface area contributed by atoms with Crippen LogP contribution in [0.1, 0.15) is 0 Å². The van der Waals surface area contributed by atoms with Gasteiger partial charge in [-0.15, -0.1) is 0 Å². The summed E-state index contributed by atoms with van der Waals surface area (Å²) in [4.78, 5) is 27.8. The molecule has 2 N–H and O–H groups in total. The van der Waals surface area contributed by atoms with Gasteiger partial charge in [-0.2, -0.15) is 4.98 Å². The maximum Gasteiger partial charge on any atom is 0.246 e. The summed E-state index contributed by atoms with van der Waals surface area (Å²) in [6, 6.07) is 13.4. The number of likely N-dealkylation sites (N-methyl/N-ethyl adjacent to an activating group) is 1. The number of hydrogen-bond donors (Lipinski definition) is 2. The Balaban J connectivity index is 1.27. The van der Waals surface area contributed by atoms with Gasteiger partial charge in [-0.05, 0) is 51.7 Å². The van der Waals surface area contributed by atoms with Crippen LogP contribution < -0.4 is 25.6 Å². The highest BCUT2D eigenvalue weighted by Crippen LogP contribution is 2.40. The first-order valence-corrected chi connectivity index (χ1v) is 16.4. The molecule has 0 saturated carbocycles. The van der Waals surface area contributed by atoms with Crippen molar-refractivity contribution in [3.8, 4) is 5.75 Å². The first-order valence-electron chi connectivity index (χ1n) is 13.4. The van der Waals surface area contributed by atoms with Crippen LogP contribution in [0, 0.1) is 0 Å². The van der Waals surface area contributed by atoms with Crippen LogP contribution in [0.3, 0.4) is 0 Å². The minimum atomic E-state index is -2.52. The summed E-state index contributed by atoms with van der Waals surface area (Å²) >= 11 is 6.40. The van der Waals surface area contributed by atoms with Gasteiger partial charge in [0.15, 0.2) is 5.82 Å². The molecule has 2 aliphatic heterocycles. The van der Waals surface area contributed by atoms with Crippen molar-refractivity contribution in [3.05, 3.63) is 65.8 Å². The normalized spacial score (nSPS) is 16.8. The Hall–Kier alpha value is -3.59. The fourth-order valence-electron chi connectivity index (χ4n) is 4.94. The van der Waals surface area contributed by atoms with Gasteiger partial charge in [0.1, 0.15) is 24.5 Å². The molecule has 1 amide bonds. The van der Waals surface area contributed by atoms with E-state index >= 15 is 0 Å². The quantitative estimate of drug-likeness (QED) is 0.290. The Morgan fingerprint density at radius 3 is 2.78 bits per heavy atom. The van der Waals surface area contributed by atoms with Gasteiger partial charge in [0, 0.05) is 49.3 Å². The number of nitrogens with zero attached hydrogens (tertiary/aromatic N) is 5. The van der Waals surface area contributed by atoms with Crippen LogP contribution >= 0.6 is 18.7 Å². The minimum Gasteiger partial charge on any atom is -0.489 e. The highest BCUT2D eigenvalue weighted by atomic mass is 35.5. The predicted molar refractivity (Wildman–Crippen MR) is 166 cm³/mol. The number of anilines is 5. The molecule has 12 heteroatoms. The number of para-hydroxylation sites is 1. The average Bonchev–Trinajstić information content (AvgIpc) is 2.94. The van der Waals surface area contributed by atoms with Crippen LogP contribution in [0.15, 0.2) is 60.8 Å². The summed E-state index contributed by atoms with van der Waals surface area (Å²) in [5.74, 6) is 1.56. The Kier molecular flexibility index (Phi) is 8.54. The molecule has 0 radical (unpaired) electrons. The number of halogens is 1. The number of amides is 1. The van der Waals surface area contributed by atoms with Gasteiger partial charge in [0.2, 0.25) is 11.9 Å². The highest BCUT2D eigenvalue weighted by molar-refractivity contribution is 7.70. The predicted octanol–water partition coefficient (Wildman–Crippen LogP) is 4.39. The van der Waals surface area contributed by atoms with Crippen molar-refractivity contribution in [3.63, 3.8) is 0 Å². The summed E-state index contributed by atoms with van der Waals surface area (Å²) in [6.45, 7) is 6.69. The van der Waals surface area contributed by atoms with Crippen molar-refractivity contribution < 1.29 is 14.1 Å². The van der Waals surface area contributed by atoms with Crippen molar-refractivity contribution in [2.24, 2.45) is 0 Å². The van der Waals surface area contributed by atoms with Crippen molar-refractivity contribution in [1.29, 1.82) is 0 Å². The van der Waals surface area contributed by atoms with Crippen molar-refractivity contribution in [2.75, 3.05) is 75.7 Å². The molecular weight excluding hydrogens is 561 g/mol. The standard InChI is InChI=1S/C29H35ClN7O3P/c1-35(2)13-7-10-27(38)36-14-15-37-21(18-36)19-40-25-16-20(11-12-24(25)37)32-29-31-17-22(30)28(34-29)33-23-8-5-6-9-26(23)41(3,4)39/h5-12,16-17,21H,13-15,18-19H2,1-4H3,(H2,31,32,33,34)/b10-7+/t21-/m1/s1. The molecule has 0 spiro atoms. The minimum absolute atomic E-state index is 0.0376. The van der Waals surface area contributed by atoms with E-state index in [0.29, 0.717) is 42.2 Å². The summed E-state index contributed by atoms with van der Waals surface area (Å²) in [6.07, 6.45) is 5.08. The molecule has 3 aromatic rings. The molecule has 1 saturated heterocycles. The molecule has 1 atom stereocenters. The molecule has 2 aromatic carbocycles. The topological polar surface area (TPSA) is 103 Å². The second-order valence-electron chi connectivity index (χ2n) is 10.8. The van der Waals surface area contributed by atoms with Gasteiger partial charge >= 0.3 is 0 Å². The third-order valence-electron chi connectivity index (χ3n) is 6.96. The van der Waals surface area contributed by atoms with E-state index in [-0.39, 0.29) is 11.9 Å². The van der Waals surface area contributed by atoms with E-state index in [4.69, 9.17) is 16.3 Å². The fraction of sp³-hybridized carbons (Fsp3) is 0.345. The van der Waals surface area contributed by atoms with Gasteiger partial charge in [-0.3, -0.25) is 4.79 Å². The third-order valence-corrected chi connectivity index (χ3v) is 8.79. The fourth-order valence-corrected chi connectivity index (χ4v) is 6.23. The van der Waals surface area contributed by atoms with Crippen LogP contribution in [0.5, 0.6) is 5.75 Å². The van der Waals surface area contributed by atoms with Gasteiger partial charge in [-0.1, -0.05) is 29.8 Å². The van der Waals surface area contributed by atoms with Crippen LogP contribution in [-0.2, 0) is 9.36 Å². The molecule has 1 aromatic heterocycles. The maximum absolute atomic E-state index is 12.8. The Labute approximate surface area is 245 Å². The number of aromatic nitrogens is 2. The third kappa shape index (κ3) is 6.84. The monoisotopic (exact) mass is 595 g/mol. The van der Waals surface area contributed by atoms with Crippen molar-refractivity contribution in [1.82, 2.24) is 19.8 Å². The van der Waals surface area contributed by atoms with Crippen LogP contribution in [0.2, 0.25) is 5.02 Å². The number of hydrogen-bond acceptors (Lipinski definition) is 9. The van der Waals surface area contributed by atoms with Gasteiger partial charge in [-0.25, -0.2) is 4.98 Å². The number of ether oxygens (including phenoxy) is 1. The van der Waals surface area contributed by atoms with Crippen LogP contribution in [0.25, 0.3) is 0 Å². The molecule has 0 bridgehead atoms. The Morgan fingerprint density at radius 2 is 2.00 bits per heavy atom. The number of carbonyl (C=O) groups is 1. The molecule has 3 heterocycles. The largest absolute Gasteiger partial charge is 0.489 e. The summed E-state index contributed by atoms with van der Waals surface area (Å²) in [7, 11) is 1.43. The van der Waals surface area contributed by atoms with Gasteiger partial charge < -0.3 is 34.6 Å². The molecule has 0 unspecified atom stereocenters. The van der Waals surface area contributed by atoms with E-state index in [1.807, 2.05) is 72.4 Å². The summed E-state index contributed by atoms with van der Waals surface area (Å²) in [5.41, 5.74) is 2.46. The average molecular weight is 596 g/mol. The zero-order valence-corrected chi connectivity index (χ0v) is 25.3. The van der Waals surface area contributed by atoms with Gasteiger partial charge in [0.05, 0.1) is 23.6 Å². The van der Waals surface area contributed by atoms with E-state index < -0.39 is 7.14 Å². The highest BCUT2D eigenvalue weighted by Gasteiger charge is 2.34. The second-order valence-corrected chi connectivity index (χ2v) is 14.4. The van der Waals surface area contributed by atoms with Crippen molar-refractivity contribution >= 4 is 58.8 Å². The maximum atomic E-state index is 12.8. The lowest BCUT2D eigenvalue weighted by Crippen LogP contribution is -2.58. The zero-order chi connectivity index (χ0) is 29.1. The number of carbonyl (C=O) groups excluding carboxylic acids is 1. The first kappa shape index (κ1) is 28.9. The molecule has 1 fully saturated rings. The number of rotatable bonds is 8. The summed E-state index contributed by atoms with van der Waals surface area (Å²) < 4.78 is 18.9. The Morgan fingerprint density at radius 1 is 1.20 bits per heavy atom. The zero-order valence-electron chi connectivity index (χ0n) is 23.7. The van der Waals surface area contributed by atoms with Crippen LogP contribution in [-0.4, -0.2) is 91.9 Å². The number of benzene rings is 2. The lowest BCUT2D eigenvalue weighted by molar-refractivity contribution is -0.127. The SMILES string of the molecule is CN(C)C/C=C/C(=O)N1CCN2c3ccc(Nc4ncc(Cl)c(Nc5ccccc5P(C)(C)=O)n4)cc3OC[C@H]2C1. The Bertz CT molecular complexity index is 1510. The molecule has 5 rings (SSSR count). The van der Waals surface area contributed by atoms with Gasteiger partial charge in [0.25, 0.3) is 0 Å².